The van der Waals surface area contributed by atoms with E-state index in [4.69, 9.17) is 4.74 Å². The Balaban J connectivity index is 1.94. The number of benzene rings is 1. The molecule has 0 aliphatic carbocycles. The van der Waals surface area contributed by atoms with E-state index in [1.807, 2.05) is 30.3 Å². The third-order valence-electron chi connectivity index (χ3n) is 2.66. The van der Waals surface area contributed by atoms with Crippen molar-refractivity contribution in [2.45, 2.75) is 19.1 Å². The Kier molecular flexibility index (Phi) is 3.41. The number of carbonyl (C=O) groups excluding carboxylic acids is 1. The minimum absolute atomic E-state index is 0.126. The molecule has 1 aliphatic heterocycles. The minimum atomic E-state index is -0.127. The van der Waals surface area contributed by atoms with Gasteiger partial charge >= 0.3 is 6.03 Å². The molecule has 1 heterocycles. The maximum Gasteiger partial charge on any atom is 0.323 e. The number of ether oxygens (including phenoxy) is 1. The van der Waals surface area contributed by atoms with Crippen LogP contribution in [0.15, 0.2) is 30.3 Å². The van der Waals surface area contributed by atoms with Crippen LogP contribution in [-0.2, 0) is 4.74 Å². The summed E-state index contributed by atoms with van der Waals surface area (Å²) in [6, 6.07) is 9.41. The molecule has 2 rings (SSSR count). The Morgan fingerprint density at radius 1 is 1.44 bits per heavy atom. The second-order valence-electron chi connectivity index (χ2n) is 3.85. The second kappa shape index (κ2) is 4.99. The van der Waals surface area contributed by atoms with E-state index < -0.39 is 0 Å². The van der Waals surface area contributed by atoms with Crippen LogP contribution in [0.5, 0.6) is 0 Å². The molecule has 0 radical (unpaired) electrons. The van der Waals surface area contributed by atoms with Crippen LogP contribution in [0, 0.1) is 0 Å². The first kappa shape index (κ1) is 11.0. The molecule has 0 bridgehead atoms. The van der Waals surface area contributed by atoms with Gasteiger partial charge in [-0.15, -0.1) is 0 Å². The van der Waals surface area contributed by atoms with Crippen LogP contribution in [0.2, 0.25) is 0 Å². The van der Waals surface area contributed by atoms with Gasteiger partial charge in [-0.1, -0.05) is 18.2 Å². The third-order valence-corrected chi connectivity index (χ3v) is 2.66. The van der Waals surface area contributed by atoms with Gasteiger partial charge in [0, 0.05) is 19.3 Å². The number of rotatable bonds is 2. The Bertz CT molecular complexity index is 347. The number of nitrogens with zero attached hydrogens (tertiary/aromatic N) is 1. The van der Waals surface area contributed by atoms with Crippen LogP contribution in [0.25, 0.3) is 0 Å². The van der Waals surface area contributed by atoms with Gasteiger partial charge in [0.15, 0.2) is 0 Å². The molecule has 4 nitrogen and oxygen atoms in total. The predicted molar refractivity (Wildman–Crippen MR) is 62.4 cm³/mol. The van der Waals surface area contributed by atoms with E-state index in [2.05, 4.69) is 5.32 Å². The van der Waals surface area contributed by atoms with Crippen LogP contribution in [-0.4, -0.2) is 25.9 Å². The maximum atomic E-state index is 11.8. The molecule has 1 aromatic rings. The Morgan fingerprint density at radius 2 is 2.19 bits per heavy atom. The van der Waals surface area contributed by atoms with E-state index in [9.17, 15) is 4.79 Å². The van der Waals surface area contributed by atoms with Gasteiger partial charge in [0.05, 0.1) is 0 Å². The Hall–Kier alpha value is -1.55. The minimum Gasteiger partial charge on any atom is -0.358 e. The van der Waals surface area contributed by atoms with Crippen molar-refractivity contribution in [3.63, 3.8) is 0 Å². The predicted octanol–water partition coefficient (Wildman–Crippen LogP) is 1.97. The molecular weight excluding hydrogens is 204 g/mol. The Labute approximate surface area is 95.2 Å². The average Bonchev–Trinajstić information content (AvgIpc) is 2.82. The number of para-hydroxylation sites is 1. The highest BCUT2D eigenvalue weighted by Crippen LogP contribution is 2.13. The van der Waals surface area contributed by atoms with Gasteiger partial charge in [-0.05, 0) is 25.0 Å². The summed E-state index contributed by atoms with van der Waals surface area (Å²) in [6.45, 7) is 0.736. The van der Waals surface area contributed by atoms with Crippen molar-refractivity contribution < 1.29 is 9.53 Å². The van der Waals surface area contributed by atoms with E-state index in [0.717, 1.165) is 25.1 Å². The van der Waals surface area contributed by atoms with E-state index >= 15 is 0 Å². The van der Waals surface area contributed by atoms with Gasteiger partial charge < -0.3 is 10.1 Å². The van der Waals surface area contributed by atoms with Crippen LogP contribution >= 0.6 is 0 Å². The first-order valence-corrected chi connectivity index (χ1v) is 5.48. The number of hydrogen-bond acceptors (Lipinski definition) is 2. The van der Waals surface area contributed by atoms with E-state index in [-0.39, 0.29) is 12.3 Å². The van der Waals surface area contributed by atoms with Gasteiger partial charge in [0.25, 0.3) is 0 Å². The maximum absolute atomic E-state index is 11.8. The van der Waals surface area contributed by atoms with Crippen LogP contribution in [0.3, 0.4) is 0 Å². The van der Waals surface area contributed by atoms with E-state index in [0.29, 0.717) is 0 Å². The molecule has 1 aliphatic rings. The molecule has 0 spiro atoms. The van der Waals surface area contributed by atoms with Crippen molar-refractivity contribution in [1.82, 2.24) is 5.32 Å². The number of hydrogen-bond donors (Lipinski definition) is 1. The lowest BCUT2D eigenvalue weighted by atomic mass is 10.3. The molecular formula is C12H16N2O2. The van der Waals surface area contributed by atoms with Gasteiger partial charge in [-0.2, -0.15) is 0 Å². The molecule has 1 aromatic carbocycles. The highest BCUT2D eigenvalue weighted by Gasteiger charge is 2.19. The normalized spacial score (nSPS) is 19.4. The topological polar surface area (TPSA) is 41.6 Å². The number of nitrogens with one attached hydrogen (secondary N) is 1. The zero-order valence-electron chi connectivity index (χ0n) is 9.35. The zero-order chi connectivity index (χ0) is 11.4. The quantitative estimate of drug-likeness (QED) is 0.827. The van der Waals surface area contributed by atoms with Gasteiger partial charge in [-0.3, -0.25) is 4.90 Å². The fraction of sp³-hybridized carbons (Fsp3) is 0.417. The molecule has 1 unspecified atom stereocenters. The summed E-state index contributed by atoms with van der Waals surface area (Å²) in [5.74, 6) is 0. The second-order valence-corrected chi connectivity index (χ2v) is 3.85. The largest absolute Gasteiger partial charge is 0.358 e. The van der Waals surface area contributed by atoms with E-state index in [1.54, 1.807) is 11.9 Å². The van der Waals surface area contributed by atoms with Crippen molar-refractivity contribution in [2.75, 3.05) is 18.6 Å². The number of anilines is 1. The highest BCUT2D eigenvalue weighted by atomic mass is 16.5. The number of carbonyl (C=O) groups is 1. The summed E-state index contributed by atoms with van der Waals surface area (Å²) in [4.78, 5) is 13.4. The standard InChI is InChI=1S/C12H16N2O2/c1-14(10-6-3-2-4-7-10)12(15)13-11-8-5-9-16-11/h2-4,6-7,11H,5,8-9H2,1H3,(H,13,15). The third kappa shape index (κ3) is 2.52. The molecule has 1 N–H and O–H groups in total. The summed E-state index contributed by atoms with van der Waals surface area (Å²) in [5, 5.41) is 2.84. The zero-order valence-corrected chi connectivity index (χ0v) is 9.35. The monoisotopic (exact) mass is 220 g/mol. The first-order chi connectivity index (χ1) is 7.77. The summed E-state index contributed by atoms with van der Waals surface area (Å²) >= 11 is 0. The van der Waals surface area contributed by atoms with E-state index in [1.165, 1.54) is 0 Å². The lowest BCUT2D eigenvalue weighted by Gasteiger charge is -2.20. The molecule has 4 heteroatoms. The average molecular weight is 220 g/mol. The lowest BCUT2D eigenvalue weighted by Crippen LogP contribution is -2.42. The molecule has 1 atom stereocenters. The summed E-state index contributed by atoms with van der Waals surface area (Å²) in [7, 11) is 1.75. The summed E-state index contributed by atoms with van der Waals surface area (Å²) in [5.41, 5.74) is 0.873. The summed E-state index contributed by atoms with van der Waals surface area (Å²) in [6.07, 6.45) is 1.78. The number of urea groups is 1. The smallest absolute Gasteiger partial charge is 0.323 e. The lowest BCUT2D eigenvalue weighted by molar-refractivity contribution is 0.0919. The highest BCUT2D eigenvalue weighted by molar-refractivity contribution is 5.91. The van der Waals surface area contributed by atoms with Gasteiger partial charge in [0.2, 0.25) is 0 Å². The fourth-order valence-corrected chi connectivity index (χ4v) is 1.69. The van der Waals surface area contributed by atoms with Crippen LogP contribution < -0.4 is 10.2 Å². The number of amides is 2. The summed E-state index contributed by atoms with van der Waals surface area (Å²) < 4.78 is 5.35. The molecule has 0 saturated carbocycles. The van der Waals surface area contributed by atoms with Crippen molar-refractivity contribution in [2.24, 2.45) is 0 Å². The fourth-order valence-electron chi connectivity index (χ4n) is 1.69. The Morgan fingerprint density at radius 3 is 2.81 bits per heavy atom. The van der Waals surface area contributed by atoms with Crippen LogP contribution in [0.1, 0.15) is 12.8 Å². The molecule has 1 saturated heterocycles. The molecule has 1 fully saturated rings. The van der Waals surface area contributed by atoms with Crippen molar-refractivity contribution in [3.05, 3.63) is 30.3 Å². The van der Waals surface area contributed by atoms with Crippen molar-refractivity contribution >= 4 is 11.7 Å². The molecule has 0 aromatic heterocycles. The van der Waals surface area contributed by atoms with Crippen molar-refractivity contribution in [3.8, 4) is 0 Å². The van der Waals surface area contributed by atoms with Gasteiger partial charge in [-0.25, -0.2) is 4.79 Å². The SMILES string of the molecule is CN(C(=O)NC1CCCO1)c1ccccc1. The van der Waals surface area contributed by atoms with Gasteiger partial charge in [0.1, 0.15) is 6.23 Å². The van der Waals surface area contributed by atoms with Crippen molar-refractivity contribution in [1.29, 1.82) is 0 Å². The van der Waals surface area contributed by atoms with Crippen LogP contribution in [0.4, 0.5) is 10.5 Å². The molecule has 2 amide bonds. The molecule has 16 heavy (non-hydrogen) atoms. The first-order valence-electron chi connectivity index (χ1n) is 5.48. The molecule has 86 valence electrons.